The van der Waals surface area contributed by atoms with Crippen molar-refractivity contribution >= 4 is 28.2 Å². The van der Waals surface area contributed by atoms with Crippen LogP contribution in [0.4, 0.5) is 5.13 Å². The maximum absolute atomic E-state index is 12.5. The van der Waals surface area contributed by atoms with Crippen molar-refractivity contribution in [2.75, 3.05) is 5.32 Å². The number of pyridine rings is 1. The first-order chi connectivity index (χ1) is 11.5. The molecule has 3 heterocycles. The van der Waals surface area contributed by atoms with E-state index in [1.807, 2.05) is 23.6 Å². The Morgan fingerprint density at radius 2 is 2.00 bits per heavy atom. The normalized spacial score (nSPS) is 10.6. The number of rotatable bonds is 4. The number of aryl methyl sites for hydroxylation is 1. The van der Waals surface area contributed by atoms with Crippen LogP contribution in [-0.2, 0) is 0 Å². The summed E-state index contributed by atoms with van der Waals surface area (Å²) in [5.74, 6) is -0.378. The number of H-pyrrole nitrogens is 1. The number of carbonyl (C=O) groups excluding carboxylic acids is 2. The Hall–Kier alpha value is -2.80. The van der Waals surface area contributed by atoms with Gasteiger partial charge in [-0.1, -0.05) is 6.07 Å². The monoisotopic (exact) mass is 340 g/mol. The topological polar surface area (TPSA) is 87.7 Å². The third-order valence-electron chi connectivity index (χ3n) is 3.67. The number of aromatic amines is 1. The number of amides is 1. The molecule has 6 nitrogen and oxygen atoms in total. The zero-order chi connectivity index (χ0) is 17.3. The molecule has 24 heavy (non-hydrogen) atoms. The lowest BCUT2D eigenvalue weighted by molar-refractivity contribution is 0.101. The van der Waals surface area contributed by atoms with E-state index in [9.17, 15) is 9.59 Å². The van der Waals surface area contributed by atoms with Crippen LogP contribution >= 0.6 is 11.3 Å². The molecule has 3 aromatic heterocycles. The van der Waals surface area contributed by atoms with Crippen molar-refractivity contribution in [1.29, 1.82) is 0 Å². The first-order valence-corrected chi connectivity index (χ1v) is 8.23. The molecular formula is C17H16N4O2S. The van der Waals surface area contributed by atoms with Crippen molar-refractivity contribution in [2.45, 2.75) is 20.8 Å². The Balaban J connectivity index is 1.83. The zero-order valence-electron chi connectivity index (χ0n) is 13.5. The van der Waals surface area contributed by atoms with Crippen LogP contribution in [0.1, 0.15) is 39.0 Å². The number of ketones is 1. The summed E-state index contributed by atoms with van der Waals surface area (Å²) in [7, 11) is 0. The van der Waals surface area contributed by atoms with Gasteiger partial charge in [-0.2, -0.15) is 0 Å². The van der Waals surface area contributed by atoms with Gasteiger partial charge in [-0.25, -0.2) is 4.98 Å². The summed E-state index contributed by atoms with van der Waals surface area (Å²) >= 11 is 1.33. The third-order valence-corrected chi connectivity index (χ3v) is 4.43. The molecule has 0 aliphatic rings. The highest BCUT2D eigenvalue weighted by atomic mass is 32.1. The van der Waals surface area contributed by atoms with Gasteiger partial charge in [0.05, 0.1) is 5.69 Å². The summed E-state index contributed by atoms with van der Waals surface area (Å²) in [5.41, 5.74) is 3.75. The number of Topliss-reactive ketones (excluding diaryl/α,β-unsaturated/α-hetero) is 1. The van der Waals surface area contributed by atoms with Gasteiger partial charge in [-0.3, -0.25) is 19.9 Å². The summed E-state index contributed by atoms with van der Waals surface area (Å²) in [6.07, 6.45) is 1.70. The number of hydrogen-bond donors (Lipinski definition) is 2. The second-order valence-electron chi connectivity index (χ2n) is 5.39. The van der Waals surface area contributed by atoms with E-state index in [2.05, 4.69) is 20.3 Å². The lowest BCUT2D eigenvalue weighted by atomic mass is 10.1. The molecule has 0 saturated heterocycles. The van der Waals surface area contributed by atoms with Gasteiger partial charge in [0.2, 0.25) is 0 Å². The van der Waals surface area contributed by atoms with E-state index in [1.54, 1.807) is 20.0 Å². The molecule has 0 unspecified atom stereocenters. The molecule has 3 aromatic rings. The first kappa shape index (κ1) is 16.1. The van der Waals surface area contributed by atoms with Gasteiger partial charge in [0, 0.05) is 22.8 Å². The van der Waals surface area contributed by atoms with Gasteiger partial charge < -0.3 is 4.98 Å². The van der Waals surface area contributed by atoms with Crippen molar-refractivity contribution < 1.29 is 9.59 Å². The van der Waals surface area contributed by atoms with Crippen LogP contribution in [0.3, 0.4) is 0 Å². The number of nitrogens with zero attached hydrogens (tertiary/aromatic N) is 2. The van der Waals surface area contributed by atoms with E-state index >= 15 is 0 Å². The summed E-state index contributed by atoms with van der Waals surface area (Å²) in [5, 5.41) is 5.09. The van der Waals surface area contributed by atoms with Crippen LogP contribution in [0.2, 0.25) is 0 Å². The number of thiazole rings is 1. The van der Waals surface area contributed by atoms with Crippen molar-refractivity contribution in [3.05, 3.63) is 52.3 Å². The predicted octanol–water partition coefficient (Wildman–Crippen LogP) is 3.60. The molecular weight excluding hydrogens is 324 g/mol. The van der Waals surface area contributed by atoms with Gasteiger partial charge in [0.15, 0.2) is 10.9 Å². The maximum Gasteiger partial charge on any atom is 0.274 e. The van der Waals surface area contributed by atoms with Gasteiger partial charge in [-0.05, 0) is 38.5 Å². The molecule has 7 heteroatoms. The highest BCUT2D eigenvalue weighted by molar-refractivity contribution is 7.14. The summed E-state index contributed by atoms with van der Waals surface area (Å²) < 4.78 is 0. The molecule has 0 spiro atoms. The molecule has 0 bridgehead atoms. The number of anilines is 1. The van der Waals surface area contributed by atoms with Crippen LogP contribution < -0.4 is 5.32 Å². The highest BCUT2D eigenvalue weighted by Crippen LogP contribution is 2.24. The molecule has 3 rings (SSSR count). The van der Waals surface area contributed by atoms with Gasteiger partial charge >= 0.3 is 0 Å². The Labute approximate surface area is 143 Å². The Kier molecular flexibility index (Phi) is 4.26. The highest BCUT2D eigenvalue weighted by Gasteiger charge is 2.20. The molecule has 0 fully saturated rings. The summed E-state index contributed by atoms with van der Waals surface area (Å²) in [6.45, 7) is 5.03. The molecule has 0 radical (unpaired) electrons. The predicted molar refractivity (Wildman–Crippen MR) is 93.6 cm³/mol. The number of aromatic nitrogens is 3. The van der Waals surface area contributed by atoms with E-state index in [-0.39, 0.29) is 11.7 Å². The van der Waals surface area contributed by atoms with Crippen LogP contribution in [-0.4, -0.2) is 26.6 Å². The lowest BCUT2D eigenvalue weighted by Gasteiger charge is -2.01. The van der Waals surface area contributed by atoms with E-state index < -0.39 is 0 Å². The number of carbonyl (C=O) groups is 2. The molecule has 122 valence electrons. The molecule has 0 aliphatic carbocycles. The van der Waals surface area contributed by atoms with E-state index in [0.717, 1.165) is 5.69 Å². The average Bonchev–Trinajstić information content (AvgIpc) is 3.12. The standard InChI is InChI=1S/C17H16N4O2S/c1-9-14(11(3)22)10(2)19-15(9)16(23)21-17-20-13(8-24-17)12-6-4-5-7-18-12/h4-8,19H,1-3H3,(H,20,21,23). The zero-order valence-corrected chi connectivity index (χ0v) is 14.3. The second-order valence-corrected chi connectivity index (χ2v) is 6.25. The molecule has 0 aromatic carbocycles. The third kappa shape index (κ3) is 2.98. The minimum absolute atomic E-state index is 0.0630. The minimum Gasteiger partial charge on any atom is -0.354 e. The van der Waals surface area contributed by atoms with Crippen LogP contribution in [0, 0.1) is 13.8 Å². The van der Waals surface area contributed by atoms with Crippen LogP contribution in [0.15, 0.2) is 29.8 Å². The molecule has 0 atom stereocenters. The Morgan fingerprint density at radius 1 is 1.21 bits per heavy atom. The lowest BCUT2D eigenvalue weighted by Crippen LogP contribution is -2.13. The molecule has 0 aliphatic heterocycles. The Morgan fingerprint density at radius 3 is 2.62 bits per heavy atom. The van der Waals surface area contributed by atoms with E-state index in [4.69, 9.17) is 0 Å². The van der Waals surface area contributed by atoms with E-state index in [1.165, 1.54) is 18.3 Å². The fourth-order valence-corrected chi connectivity index (χ4v) is 3.33. The number of hydrogen-bond acceptors (Lipinski definition) is 5. The van der Waals surface area contributed by atoms with Crippen molar-refractivity contribution in [1.82, 2.24) is 15.0 Å². The largest absolute Gasteiger partial charge is 0.354 e. The summed E-state index contributed by atoms with van der Waals surface area (Å²) in [6, 6.07) is 5.58. The smallest absolute Gasteiger partial charge is 0.274 e. The van der Waals surface area contributed by atoms with Crippen LogP contribution in [0.25, 0.3) is 11.4 Å². The van der Waals surface area contributed by atoms with E-state index in [0.29, 0.717) is 33.3 Å². The minimum atomic E-state index is -0.315. The van der Waals surface area contributed by atoms with Gasteiger partial charge in [0.1, 0.15) is 11.4 Å². The van der Waals surface area contributed by atoms with Crippen molar-refractivity contribution in [3.63, 3.8) is 0 Å². The second kappa shape index (κ2) is 6.37. The van der Waals surface area contributed by atoms with Crippen molar-refractivity contribution in [3.8, 4) is 11.4 Å². The molecule has 0 saturated carbocycles. The maximum atomic E-state index is 12.5. The fourth-order valence-electron chi connectivity index (χ4n) is 2.63. The quantitative estimate of drug-likeness (QED) is 0.710. The first-order valence-electron chi connectivity index (χ1n) is 7.35. The SMILES string of the molecule is CC(=O)c1c(C)[nH]c(C(=O)Nc2nc(-c3ccccn3)cs2)c1C. The Bertz CT molecular complexity index is 912. The van der Waals surface area contributed by atoms with Crippen LogP contribution in [0.5, 0.6) is 0 Å². The summed E-state index contributed by atoms with van der Waals surface area (Å²) in [4.78, 5) is 35.7. The molecule has 1 amide bonds. The molecule has 2 N–H and O–H groups in total. The van der Waals surface area contributed by atoms with Gasteiger partial charge in [-0.15, -0.1) is 11.3 Å². The van der Waals surface area contributed by atoms with Gasteiger partial charge in [0.25, 0.3) is 5.91 Å². The fraction of sp³-hybridized carbons (Fsp3) is 0.176. The average molecular weight is 340 g/mol. The number of nitrogens with one attached hydrogen (secondary N) is 2. The van der Waals surface area contributed by atoms with Crippen molar-refractivity contribution in [2.24, 2.45) is 0 Å².